The molecule has 0 bridgehead atoms. The van der Waals surface area contributed by atoms with E-state index in [-0.39, 0.29) is 5.28 Å². The van der Waals surface area contributed by atoms with Gasteiger partial charge in [-0.25, -0.2) is 5.28 Å². The molecule has 6 nitrogen and oxygen atoms in total. The summed E-state index contributed by atoms with van der Waals surface area (Å²) in [5.74, 6) is 3.80. The molecule has 0 aromatic heterocycles. The van der Waals surface area contributed by atoms with Crippen LogP contribution in [0.15, 0.2) is 0 Å². The lowest BCUT2D eigenvalue weighted by Gasteiger charge is -2.19. The maximum absolute atomic E-state index is 9.84. The average Bonchev–Trinajstić information content (AvgIpc) is 1.61. The van der Waals surface area contributed by atoms with Gasteiger partial charge in [0.25, 0.3) is 0 Å². The van der Waals surface area contributed by atoms with Gasteiger partial charge in [-0.2, -0.15) is 0 Å². The Labute approximate surface area is 45.7 Å². The van der Waals surface area contributed by atoms with E-state index in [4.69, 9.17) is 0 Å². The van der Waals surface area contributed by atoms with E-state index in [1.165, 1.54) is 0 Å². The van der Waals surface area contributed by atoms with Gasteiger partial charge in [0.15, 0.2) is 0 Å². The van der Waals surface area contributed by atoms with Crippen LogP contribution >= 0.6 is 0 Å². The number of hydrazine groups is 2. The van der Waals surface area contributed by atoms with Gasteiger partial charge in [-0.15, -0.1) is 0 Å². The smallest absolute Gasteiger partial charge is 0.323 e. The second-order valence-corrected chi connectivity index (χ2v) is 1.01. The quantitative estimate of drug-likeness (QED) is 0.345. The fourth-order valence-electron chi connectivity index (χ4n) is 0.109. The molecule has 8 heavy (non-hydrogen) atoms. The van der Waals surface area contributed by atoms with Crippen molar-refractivity contribution >= 4 is 5.97 Å². The van der Waals surface area contributed by atoms with Crippen molar-refractivity contribution in [2.24, 2.45) is 5.84 Å². The van der Waals surface area contributed by atoms with Gasteiger partial charge in [-0.05, 0) is 0 Å². The zero-order valence-electron chi connectivity index (χ0n) is 4.25. The van der Waals surface area contributed by atoms with Gasteiger partial charge >= 0.3 is 5.97 Å². The van der Waals surface area contributed by atoms with Crippen LogP contribution in [0.1, 0.15) is 6.92 Å². The standard InChI is InChI=1S/C2H6N3O3/c1-2(6)8-4-5(3)7/h4H,3H2,1H3/q-1. The Morgan fingerprint density at radius 2 is 2.50 bits per heavy atom. The summed E-state index contributed by atoms with van der Waals surface area (Å²) in [4.78, 5) is 13.7. The third-order valence-electron chi connectivity index (χ3n) is 0.279. The predicted molar refractivity (Wildman–Crippen MR) is 24.3 cm³/mol. The maximum atomic E-state index is 9.84. The van der Waals surface area contributed by atoms with Gasteiger partial charge in [0, 0.05) is 6.92 Å². The molecule has 0 saturated carbocycles. The Morgan fingerprint density at radius 3 is 2.62 bits per heavy atom. The molecule has 0 atom stereocenters. The second kappa shape index (κ2) is 3.33. The molecule has 0 amide bonds. The van der Waals surface area contributed by atoms with E-state index in [0.29, 0.717) is 0 Å². The van der Waals surface area contributed by atoms with Crippen molar-refractivity contribution in [2.45, 2.75) is 6.92 Å². The van der Waals surface area contributed by atoms with Crippen LogP contribution in [0.3, 0.4) is 0 Å². The van der Waals surface area contributed by atoms with Crippen molar-refractivity contribution in [3.05, 3.63) is 5.21 Å². The highest BCUT2D eigenvalue weighted by Crippen LogP contribution is 1.67. The Morgan fingerprint density at radius 1 is 2.00 bits per heavy atom. The summed E-state index contributed by atoms with van der Waals surface area (Å²) < 4.78 is 0. The lowest BCUT2D eigenvalue weighted by atomic mass is 10.8. The third-order valence-corrected chi connectivity index (χ3v) is 0.279. The number of nitrogens with zero attached hydrogens (tertiary/aromatic N) is 1. The third kappa shape index (κ3) is 5.31. The fourth-order valence-corrected chi connectivity index (χ4v) is 0.109. The molecule has 0 aliphatic carbocycles. The largest absolute Gasteiger partial charge is 0.756 e. The van der Waals surface area contributed by atoms with Gasteiger partial charge in [-0.1, -0.05) is 5.59 Å². The van der Waals surface area contributed by atoms with Crippen molar-refractivity contribution < 1.29 is 9.63 Å². The highest BCUT2D eigenvalue weighted by molar-refractivity contribution is 5.65. The summed E-state index contributed by atoms with van der Waals surface area (Å²) in [7, 11) is 0. The van der Waals surface area contributed by atoms with E-state index in [1.54, 1.807) is 5.59 Å². The van der Waals surface area contributed by atoms with Gasteiger partial charge in [0.05, 0.1) is 0 Å². The van der Waals surface area contributed by atoms with Crippen molar-refractivity contribution in [1.82, 2.24) is 10.9 Å². The Kier molecular flexibility index (Phi) is 3.04. The monoisotopic (exact) mass is 120 g/mol. The van der Waals surface area contributed by atoms with E-state index in [9.17, 15) is 10.0 Å². The van der Waals surface area contributed by atoms with Gasteiger partial charge in [0.1, 0.15) is 0 Å². The number of hydrogen-bond donors (Lipinski definition) is 2. The molecule has 0 aromatic carbocycles. The van der Waals surface area contributed by atoms with Crippen LogP contribution in [-0.4, -0.2) is 11.3 Å². The minimum absolute atomic E-state index is 0.221. The Hall–Kier alpha value is -0.690. The predicted octanol–water partition coefficient (Wildman–Crippen LogP) is -1.36. The Bertz CT molecular complexity index is 82.6. The average molecular weight is 120 g/mol. The maximum Gasteiger partial charge on any atom is 0.323 e. The summed E-state index contributed by atoms with van der Waals surface area (Å²) in [5.41, 5.74) is 1.55. The molecule has 0 fully saturated rings. The molecule has 0 aromatic rings. The van der Waals surface area contributed by atoms with Gasteiger partial charge in [0.2, 0.25) is 0 Å². The fraction of sp³-hybridized carbons (Fsp3) is 0.500. The van der Waals surface area contributed by atoms with Crippen LogP contribution in [0.25, 0.3) is 0 Å². The summed E-state index contributed by atoms with van der Waals surface area (Å²) in [6.07, 6.45) is 0. The van der Waals surface area contributed by atoms with Gasteiger partial charge in [-0.3, -0.25) is 10.6 Å². The summed E-state index contributed by atoms with van der Waals surface area (Å²) in [6.45, 7) is 1.14. The highest BCUT2D eigenvalue weighted by atomic mass is 16.8. The molecule has 3 N–H and O–H groups in total. The van der Waals surface area contributed by atoms with Crippen LogP contribution in [0.4, 0.5) is 0 Å². The van der Waals surface area contributed by atoms with Crippen molar-refractivity contribution in [1.29, 1.82) is 0 Å². The first kappa shape index (κ1) is 7.31. The molecule has 0 aliphatic heterocycles. The van der Waals surface area contributed by atoms with Crippen molar-refractivity contribution in [3.8, 4) is 0 Å². The van der Waals surface area contributed by atoms with Gasteiger partial charge < -0.3 is 10.0 Å². The van der Waals surface area contributed by atoms with E-state index in [2.05, 4.69) is 10.7 Å². The first-order chi connectivity index (χ1) is 3.63. The number of nitrogens with one attached hydrogen (secondary N) is 1. The molecule has 48 valence electrons. The van der Waals surface area contributed by atoms with E-state index in [0.717, 1.165) is 6.92 Å². The van der Waals surface area contributed by atoms with Crippen LogP contribution in [0.5, 0.6) is 0 Å². The molecule has 0 heterocycles. The number of nitrogens with two attached hydrogens (primary N) is 1. The lowest BCUT2D eigenvalue weighted by Crippen LogP contribution is -2.39. The number of rotatable bonds is 2. The molecule has 0 rings (SSSR count). The highest BCUT2D eigenvalue weighted by Gasteiger charge is 1.86. The summed E-state index contributed by atoms with van der Waals surface area (Å²) >= 11 is 0. The molecule has 0 radical (unpaired) electrons. The number of carbonyl (C=O) groups excluding carboxylic acids is 1. The van der Waals surface area contributed by atoms with Crippen LogP contribution in [0, 0.1) is 5.21 Å². The molecular formula is C2H6N3O3-. The van der Waals surface area contributed by atoms with Crippen molar-refractivity contribution in [2.75, 3.05) is 0 Å². The molecule has 0 aliphatic rings. The molecule has 0 spiro atoms. The number of hydrogen-bond acceptors (Lipinski definition) is 6. The van der Waals surface area contributed by atoms with E-state index in [1.807, 2.05) is 0 Å². The van der Waals surface area contributed by atoms with Crippen LogP contribution in [-0.2, 0) is 9.63 Å². The molecular weight excluding hydrogens is 114 g/mol. The molecule has 0 unspecified atom stereocenters. The first-order valence-electron chi connectivity index (χ1n) is 1.78. The molecule has 0 saturated heterocycles. The SMILES string of the molecule is CC(=O)ONN(N)[O-]. The molecule has 6 heteroatoms. The topological polar surface area (TPSA) is 90.7 Å². The minimum atomic E-state index is -0.628. The summed E-state index contributed by atoms with van der Waals surface area (Å²) in [6, 6.07) is 0. The first-order valence-corrected chi connectivity index (χ1v) is 1.78. The Balaban J connectivity index is 3.05. The summed E-state index contributed by atoms with van der Waals surface area (Å²) in [5, 5.41) is 9.43. The van der Waals surface area contributed by atoms with Crippen molar-refractivity contribution in [3.63, 3.8) is 0 Å². The van der Waals surface area contributed by atoms with E-state index >= 15 is 0 Å². The normalized spacial score (nSPS) is 9.50. The number of carbonyl (C=O) groups is 1. The van der Waals surface area contributed by atoms with E-state index < -0.39 is 5.97 Å². The zero-order valence-corrected chi connectivity index (χ0v) is 4.25. The minimum Gasteiger partial charge on any atom is -0.756 e. The lowest BCUT2D eigenvalue weighted by molar-refractivity contribution is -0.159. The van der Waals surface area contributed by atoms with Crippen LogP contribution < -0.4 is 11.4 Å². The van der Waals surface area contributed by atoms with Crippen LogP contribution in [0.2, 0.25) is 0 Å². The second-order valence-electron chi connectivity index (χ2n) is 1.01. The zero-order chi connectivity index (χ0) is 6.57.